The zero-order chi connectivity index (χ0) is 18.7. The van der Waals surface area contributed by atoms with Gasteiger partial charge in [-0.1, -0.05) is 18.2 Å². The van der Waals surface area contributed by atoms with Gasteiger partial charge in [-0.15, -0.1) is 0 Å². The number of rotatable bonds is 5. The van der Waals surface area contributed by atoms with Crippen LogP contribution in [-0.2, 0) is 9.53 Å². The summed E-state index contributed by atoms with van der Waals surface area (Å²) in [4.78, 5) is 34.6. The molecule has 134 valence electrons. The summed E-state index contributed by atoms with van der Waals surface area (Å²) in [6.45, 7) is 1.14. The summed E-state index contributed by atoms with van der Waals surface area (Å²) >= 11 is 0. The zero-order valence-corrected chi connectivity index (χ0v) is 13.7. The van der Waals surface area contributed by atoms with E-state index in [0.717, 1.165) is 11.6 Å². The highest BCUT2D eigenvalue weighted by atomic mass is 16.7. The molecule has 1 aliphatic rings. The monoisotopic (exact) mass is 358 g/mol. The van der Waals surface area contributed by atoms with Gasteiger partial charge in [0, 0.05) is 11.8 Å². The summed E-state index contributed by atoms with van der Waals surface area (Å²) in [6, 6.07) is 9.36. The summed E-state index contributed by atoms with van der Waals surface area (Å²) in [6.07, 6.45) is 0. The molecule has 0 bridgehead atoms. The number of benzene rings is 2. The number of anilines is 1. The number of hydrogen-bond donors (Lipinski definition) is 1. The molecule has 0 aliphatic carbocycles. The number of hydrogen-bond acceptors (Lipinski definition) is 7. The van der Waals surface area contributed by atoms with E-state index in [4.69, 9.17) is 14.2 Å². The molecule has 0 fully saturated rings. The minimum atomic E-state index is -1.00. The SMILES string of the molecule is Cc1ccccc1NC(=O)COC(=O)c1cc2c(cc1[N+](=O)[O-])OCO2. The lowest BCUT2D eigenvalue weighted by atomic mass is 10.1. The minimum absolute atomic E-state index is 0.0934. The van der Waals surface area contributed by atoms with Gasteiger partial charge in [0.1, 0.15) is 5.56 Å². The molecule has 3 rings (SSSR count). The molecule has 0 aromatic heterocycles. The van der Waals surface area contributed by atoms with Crippen LogP contribution in [0, 0.1) is 17.0 Å². The van der Waals surface area contributed by atoms with E-state index in [1.807, 2.05) is 19.1 Å². The molecule has 0 spiro atoms. The molecule has 1 heterocycles. The van der Waals surface area contributed by atoms with Crippen molar-refractivity contribution in [3.05, 3.63) is 57.6 Å². The zero-order valence-electron chi connectivity index (χ0n) is 13.7. The average molecular weight is 358 g/mol. The van der Waals surface area contributed by atoms with Crippen LogP contribution in [0.3, 0.4) is 0 Å². The largest absolute Gasteiger partial charge is 0.454 e. The lowest BCUT2D eigenvalue weighted by Crippen LogP contribution is -2.21. The number of nitrogens with one attached hydrogen (secondary N) is 1. The Morgan fingerprint density at radius 2 is 1.92 bits per heavy atom. The van der Waals surface area contributed by atoms with Gasteiger partial charge in [-0.3, -0.25) is 14.9 Å². The van der Waals surface area contributed by atoms with E-state index in [1.165, 1.54) is 6.07 Å². The van der Waals surface area contributed by atoms with E-state index in [-0.39, 0.29) is 23.9 Å². The Bertz CT molecular complexity index is 895. The highest BCUT2D eigenvalue weighted by molar-refractivity contribution is 5.98. The van der Waals surface area contributed by atoms with Crippen LogP contribution >= 0.6 is 0 Å². The Balaban J connectivity index is 1.69. The van der Waals surface area contributed by atoms with Crippen molar-refractivity contribution in [3.63, 3.8) is 0 Å². The number of nitro benzene ring substituents is 1. The average Bonchev–Trinajstić information content (AvgIpc) is 3.08. The first-order valence-electron chi connectivity index (χ1n) is 7.56. The number of esters is 1. The maximum Gasteiger partial charge on any atom is 0.345 e. The fourth-order valence-corrected chi connectivity index (χ4v) is 2.35. The Kier molecular flexibility index (Phi) is 4.70. The van der Waals surface area contributed by atoms with Crippen molar-refractivity contribution in [1.29, 1.82) is 0 Å². The van der Waals surface area contributed by atoms with E-state index < -0.39 is 29.1 Å². The molecule has 0 saturated carbocycles. The van der Waals surface area contributed by atoms with Crippen molar-refractivity contribution < 1.29 is 28.7 Å². The van der Waals surface area contributed by atoms with Crippen LogP contribution in [0.2, 0.25) is 0 Å². The normalized spacial score (nSPS) is 11.7. The van der Waals surface area contributed by atoms with Crippen molar-refractivity contribution in [3.8, 4) is 11.5 Å². The van der Waals surface area contributed by atoms with E-state index in [1.54, 1.807) is 12.1 Å². The molecule has 0 radical (unpaired) electrons. The summed E-state index contributed by atoms with van der Waals surface area (Å²) in [7, 11) is 0. The smallest absolute Gasteiger partial charge is 0.345 e. The van der Waals surface area contributed by atoms with E-state index >= 15 is 0 Å². The van der Waals surface area contributed by atoms with Crippen molar-refractivity contribution in [1.82, 2.24) is 0 Å². The number of carbonyl (C=O) groups excluding carboxylic acids is 2. The number of ether oxygens (including phenoxy) is 3. The lowest BCUT2D eigenvalue weighted by Gasteiger charge is -2.09. The van der Waals surface area contributed by atoms with E-state index in [0.29, 0.717) is 5.69 Å². The Morgan fingerprint density at radius 3 is 2.62 bits per heavy atom. The van der Waals surface area contributed by atoms with Crippen LogP contribution in [0.4, 0.5) is 11.4 Å². The second kappa shape index (κ2) is 7.09. The quantitative estimate of drug-likeness (QED) is 0.495. The van der Waals surface area contributed by atoms with Crippen LogP contribution in [0.1, 0.15) is 15.9 Å². The van der Waals surface area contributed by atoms with Crippen molar-refractivity contribution in [2.24, 2.45) is 0 Å². The number of nitro groups is 1. The first-order chi connectivity index (χ1) is 12.5. The van der Waals surface area contributed by atoms with Crippen molar-refractivity contribution in [2.45, 2.75) is 6.92 Å². The Labute approximate surface area is 147 Å². The molecule has 9 heteroatoms. The third kappa shape index (κ3) is 3.56. The first-order valence-corrected chi connectivity index (χ1v) is 7.56. The Morgan fingerprint density at radius 1 is 1.23 bits per heavy atom. The van der Waals surface area contributed by atoms with Crippen LogP contribution in [-0.4, -0.2) is 30.2 Å². The maximum absolute atomic E-state index is 12.2. The van der Waals surface area contributed by atoms with Crippen molar-refractivity contribution >= 4 is 23.3 Å². The fraction of sp³-hybridized carbons (Fsp3) is 0.176. The summed E-state index contributed by atoms with van der Waals surface area (Å²) in [5, 5.41) is 13.8. The molecule has 1 aliphatic heterocycles. The number of aryl methyl sites for hydroxylation is 1. The molecule has 0 unspecified atom stereocenters. The molecule has 0 atom stereocenters. The van der Waals surface area contributed by atoms with Gasteiger partial charge < -0.3 is 19.5 Å². The van der Waals surface area contributed by atoms with Gasteiger partial charge in [0.05, 0.1) is 11.0 Å². The molecule has 1 amide bonds. The topological polar surface area (TPSA) is 117 Å². The van der Waals surface area contributed by atoms with Crippen molar-refractivity contribution in [2.75, 3.05) is 18.7 Å². The minimum Gasteiger partial charge on any atom is -0.454 e. The van der Waals surface area contributed by atoms with Crippen LogP contribution < -0.4 is 14.8 Å². The number of fused-ring (bicyclic) bond motifs is 1. The number of para-hydroxylation sites is 1. The predicted octanol–water partition coefficient (Wildman–Crippen LogP) is 2.43. The van der Waals surface area contributed by atoms with E-state index in [2.05, 4.69) is 5.32 Å². The molecular formula is C17H14N2O7. The van der Waals surface area contributed by atoms with Gasteiger partial charge in [0.2, 0.25) is 6.79 Å². The van der Waals surface area contributed by atoms with Gasteiger partial charge in [-0.2, -0.15) is 0 Å². The van der Waals surface area contributed by atoms with E-state index in [9.17, 15) is 19.7 Å². The second-order valence-corrected chi connectivity index (χ2v) is 5.42. The van der Waals surface area contributed by atoms with Gasteiger partial charge in [-0.05, 0) is 18.6 Å². The summed E-state index contributed by atoms with van der Waals surface area (Å²) < 4.78 is 15.1. The lowest BCUT2D eigenvalue weighted by molar-refractivity contribution is -0.385. The third-order valence-electron chi connectivity index (χ3n) is 3.66. The third-order valence-corrected chi connectivity index (χ3v) is 3.66. The van der Waals surface area contributed by atoms with Crippen LogP contribution in [0.25, 0.3) is 0 Å². The molecule has 9 nitrogen and oxygen atoms in total. The highest BCUT2D eigenvalue weighted by Gasteiger charge is 2.28. The Hall–Kier alpha value is -3.62. The van der Waals surface area contributed by atoms with Crippen LogP contribution in [0.15, 0.2) is 36.4 Å². The number of nitrogens with zero attached hydrogens (tertiary/aromatic N) is 1. The molecule has 26 heavy (non-hydrogen) atoms. The summed E-state index contributed by atoms with van der Waals surface area (Å²) in [5.41, 5.74) is 0.627. The molecule has 1 N–H and O–H groups in total. The fourth-order valence-electron chi connectivity index (χ4n) is 2.35. The van der Waals surface area contributed by atoms with Gasteiger partial charge in [-0.25, -0.2) is 4.79 Å². The van der Waals surface area contributed by atoms with Gasteiger partial charge >= 0.3 is 5.97 Å². The standard InChI is InChI=1S/C17H14N2O7/c1-10-4-2-3-5-12(10)18-16(20)8-24-17(21)11-6-14-15(26-9-25-14)7-13(11)19(22)23/h2-7H,8-9H2,1H3,(H,18,20). The van der Waals surface area contributed by atoms with Crippen LogP contribution in [0.5, 0.6) is 11.5 Å². The van der Waals surface area contributed by atoms with Gasteiger partial charge in [0.25, 0.3) is 11.6 Å². The highest BCUT2D eigenvalue weighted by Crippen LogP contribution is 2.38. The first kappa shape index (κ1) is 17.2. The van der Waals surface area contributed by atoms with Gasteiger partial charge in [0.15, 0.2) is 18.1 Å². The molecule has 0 saturated heterocycles. The molecule has 2 aromatic rings. The number of carbonyl (C=O) groups is 2. The maximum atomic E-state index is 12.2. The second-order valence-electron chi connectivity index (χ2n) is 5.42. The molecule has 2 aromatic carbocycles. The predicted molar refractivity (Wildman–Crippen MR) is 89.3 cm³/mol. The number of amides is 1. The summed E-state index contributed by atoms with van der Waals surface area (Å²) in [5.74, 6) is -1.19. The molecular weight excluding hydrogens is 344 g/mol.